The SMILES string of the molecule is CC(=O)N1CCc2cc(N/C(=C3\C(=O)Nc4ccc([N+](=O)[O-])cc43)c3ccccc3)ccc2C1. The van der Waals surface area contributed by atoms with Gasteiger partial charge < -0.3 is 15.5 Å². The predicted octanol–water partition coefficient (Wildman–Crippen LogP) is 4.43. The van der Waals surface area contributed by atoms with Crippen molar-refractivity contribution in [1.82, 2.24) is 4.90 Å². The Bertz CT molecular complexity index is 1360. The summed E-state index contributed by atoms with van der Waals surface area (Å²) in [4.78, 5) is 37.5. The van der Waals surface area contributed by atoms with Gasteiger partial charge in [-0.15, -0.1) is 0 Å². The first-order valence-corrected chi connectivity index (χ1v) is 10.9. The van der Waals surface area contributed by atoms with Gasteiger partial charge >= 0.3 is 0 Å². The summed E-state index contributed by atoms with van der Waals surface area (Å²) < 4.78 is 0. The van der Waals surface area contributed by atoms with Crippen molar-refractivity contribution in [3.05, 3.63) is 99.1 Å². The van der Waals surface area contributed by atoms with Gasteiger partial charge in [-0.1, -0.05) is 36.4 Å². The lowest BCUT2D eigenvalue weighted by atomic mass is 9.97. The van der Waals surface area contributed by atoms with Crippen molar-refractivity contribution in [3.8, 4) is 0 Å². The fraction of sp³-hybridized carbons (Fsp3) is 0.154. The molecule has 0 fully saturated rings. The lowest BCUT2D eigenvalue weighted by Crippen LogP contribution is -2.34. The highest BCUT2D eigenvalue weighted by atomic mass is 16.6. The Morgan fingerprint density at radius 2 is 1.85 bits per heavy atom. The van der Waals surface area contributed by atoms with Gasteiger partial charge in [-0.3, -0.25) is 19.7 Å². The molecule has 170 valence electrons. The number of hydrogen-bond acceptors (Lipinski definition) is 5. The summed E-state index contributed by atoms with van der Waals surface area (Å²) in [5.74, 6) is -0.263. The summed E-state index contributed by atoms with van der Waals surface area (Å²) in [6.45, 7) is 2.82. The summed E-state index contributed by atoms with van der Waals surface area (Å²) in [6.07, 6.45) is 0.747. The van der Waals surface area contributed by atoms with Crippen LogP contribution in [0.25, 0.3) is 11.3 Å². The van der Waals surface area contributed by atoms with E-state index in [0.29, 0.717) is 35.6 Å². The molecule has 3 aromatic rings. The van der Waals surface area contributed by atoms with Gasteiger partial charge in [0.15, 0.2) is 0 Å². The molecule has 8 heteroatoms. The van der Waals surface area contributed by atoms with Crippen LogP contribution in [-0.2, 0) is 22.6 Å². The van der Waals surface area contributed by atoms with Crippen LogP contribution in [-0.4, -0.2) is 28.2 Å². The fourth-order valence-electron chi connectivity index (χ4n) is 4.44. The molecule has 0 unspecified atom stereocenters. The first-order valence-electron chi connectivity index (χ1n) is 10.9. The molecule has 0 aliphatic carbocycles. The number of nitrogens with zero attached hydrogens (tertiary/aromatic N) is 2. The van der Waals surface area contributed by atoms with E-state index in [1.807, 2.05) is 53.4 Å². The third kappa shape index (κ3) is 3.90. The fourth-order valence-corrected chi connectivity index (χ4v) is 4.44. The molecule has 2 aliphatic rings. The average Bonchev–Trinajstić information content (AvgIpc) is 3.17. The van der Waals surface area contributed by atoms with Gasteiger partial charge in [-0.2, -0.15) is 0 Å². The van der Waals surface area contributed by atoms with E-state index >= 15 is 0 Å². The number of amides is 2. The number of rotatable bonds is 4. The van der Waals surface area contributed by atoms with Gasteiger partial charge in [0.1, 0.15) is 0 Å². The quantitative estimate of drug-likeness (QED) is 0.345. The van der Waals surface area contributed by atoms with E-state index in [1.54, 1.807) is 13.0 Å². The third-order valence-corrected chi connectivity index (χ3v) is 6.20. The van der Waals surface area contributed by atoms with Crippen LogP contribution in [0.4, 0.5) is 17.1 Å². The molecule has 0 radical (unpaired) electrons. The highest BCUT2D eigenvalue weighted by Gasteiger charge is 2.30. The normalized spacial score (nSPS) is 15.8. The highest BCUT2D eigenvalue weighted by molar-refractivity contribution is 6.37. The minimum atomic E-state index is -0.468. The Hall–Kier alpha value is -4.46. The second kappa shape index (κ2) is 8.47. The van der Waals surface area contributed by atoms with Crippen LogP contribution >= 0.6 is 0 Å². The number of nitro benzene ring substituents is 1. The van der Waals surface area contributed by atoms with E-state index in [4.69, 9.17) is 0 Å². The van der Waals surface area contributed by atoms with Gasteiger partial charge in [0.2, 0.25) is 5.91 Å². The van der Waals surface area contributed by atoms with Crippen LogP contribution in [0.1, 0.15) is 29.2 Å². The molecular weight excluding hydrogens is 432 g/mol. The number of nitro groups is 1. The maximum Gasteiger partial charge on any atom is 0.270 e. The second-order valence-electron chi connectivity index (χ2n) is 8.36. The summed E-state index contributed by atoms with van der Waals surface area (Å²) in [7, 11) is 0. The molecule has 0 saturated carbocycles. The Morgan fingerprint density at radius 1 is 1.06 bits per heavy atom. The van der Waals surface area contributed by atoms with E-state index in [-0.39, 0.29) is 17.5 Å². The maximum absolute atomic E-state index is 13.0. The molecule has 0 aromatic heterocycles. The van der Waals surface area contributed by atoms with Crippen LogP contribution in [0.5, 0.6) is 0 Å². The van der Waals surface area contributed by atoms with Crippen molar-refractivity contribution in [2.45, 2.75) is 19.9 Å². The summed E-state index contributed by atoms with van der Waals surface area (Å²) >= 11 is 0. The zero-order valence-electron chi connectivity index (χ0n) is 18.5. The molecule has 0 spiro atoms. The molecule has 34 heavy (non-hydrogen) atoms. The topological polar surface area (TPSA) is 105 Å². The van der Waals surface area contributed by atoms with Gasteiger partial charge in [0.05, 0.1) is 16.2 Å². The molecule has 2 amide bonds. The lowest BCUT2D eigenvalue weighted by Gasteiger charge is -2.28. The summed E-state index contributed by atoms with van der Waals surface area (Å²) in [5, 5.41) is 17.6. The summed E-state index contributed by atoms with van der Waals surface area (Å²) in [6, 6.07) is 19.7. The molecule has 0 atom stereocenters. The van der Waals surface area contributed by atoms with Crippen molar-refractivity contribution in [3.63, 3.8) is 0 Å². The molecule has 2 aliphatic heterocycles. The van der Waals surface area contributed by atoms with E-state index in [9.17, 15) is 19.7 Å². The lowest BCUT2D eigenvalue weighted by molar-refractivity contribution is -0.384. The number of hydrogen-bond donors (Lipinski definition) is 2. The number of nitrogens with one attached hydrogen (secondary N) is 2. The molecule has 2 N–H and O–H groups in total. The van der Waals surface area contributed by atoms with Crippen molar-refractivity contribution < 1.29 is 14.5 Å². The Morgan fingerprint density at radius 3 is 2.59 bits per heavy atom. The van der Waals surface area contributed by atoms with E-state index in [1.165, 1.54) is 12.1 Å². The Labute approximate surface area is 196 Å². The van der Waals surface area contributed by atoms with Gasteiger partial charge in [0, 0.05) is 49.1 Å². The molecule has 8 nitrogen and oxygen atoms in total. The Kier molecular flexibility index (Phi) is 5.33. The van der Waals surface area contributed by atoms with E-state index in [2.05, 4.69) is 10.6 Å². The van der Waals surface area contributed by atoms with Crippen LogP contribution in [0.2, 0.25) is 0 Å². The van der Waals surface area contributed by atoms with Gasteiger partial charge in [-0.05, 0) is 41.3 Å². The number of anilines is 2. The van der Waals surface area contributed by atoms with Gasteiger partial charge in [-0.25, -0.2) is 0 Å². The van der Waals surface area contributed by atoms with Crippen molar-refractivity contribution in [2.75, 3.05) is 17.2 Å². The largest absolute Gasteiger partial charge is 0.354 e. The number of benzene rings is 3. The van der Waals surface area contributed by atoms with Crippen molar-refractivity contribution >= 4 is 40.1 Å². The van der Waals surface area contributed by atoms with Gasteiger partial charge in [0.25, 0.3) is 11.6 Å². The standard InChI is InChI=1S/C26H22N4O4/c1-16(31)29-12-11-18-13-20(8-7-19(18)15-29)27-25(17-5-3-2-4-6-17)24-22-14-21(30(33)34)9-10-23(22)28-26(24)32/h2-10,13-14,27H,11-12,15H2,1H3,(H,28,32)/b25-24-. The predicted molar refractivity (Wildman–Crippen MR) is 130 cm³/mol. The first kappa shape index (κ1) is 21.4. The van der Waals surface area contributed by atoms with Crippen LogP contribution in [0, 0.1) is 10.1 Å². The van der Waals surface area contributed by atoms with E-state index in [0.717, 1.165) is 28.8 Å². The number of carbonyl (C=O) groups is 2. The number of non-ortho nitro benzene ring substituents is 1. The highest BCUT2D eigenvalue weighted by Crippen LogP contribution is 2.39. The second-order valence-corrected chi connectivity index (χ2v) is 8.36. The van der Waals surface area contributed by atoms with Crippen molar-refractivity contribution in [1.29, 1.82) is 0 Å². The zero-order valence-corrected chi connectivity index (χ0v) is 18.5. The monoisotopic (exact) mass is 454 g/mol. The minimum Gasteiger partial charge on any atom is -0.354 e. The Balaban J connectivity index is 1.59. The molecular formula is C26H22N4O4. The van der Waals surface area contributed by atoms with Crippen LogP contribution in [0.15, 0.2) is 66.7 Å². The summed E-state index contributed by atoms with van der Waals surface area (Å²) in [5.41, 5.74) is 5.69. The molecule has 0 bridgehead atoms. The molecule has 0 saturated heterocycles. The first-order chi connectivity index (χ1) is 16.4. The molecule has 3 aromatic carbocycles. The zero-order chi connectivity index (χ0) is 23.8. The third-order valence-electron chi connectivity index (χ3n) is 6.20. The maximum atomic E-state index is 13.0. The molecule has 5 rings (SSSR count). The van der Waals surface area contributed by atoms with Crippen LogP contribution in [0.3, 0.4) is 0 Å². The van der Waals surface area contributed by atoms with Crippen LogP contribution < -0.4 is 10.6 Å². The van der Waals surface area contributed by atoms with Crippen molar-refractivity contribution in [2.24, 2.45) is 0 Å². The molecule has 2 heterocycles. The van der Waals surface area contributed by atoms with E-state index < -0.39 is 4.92 Å². The number of fused-ring (bicyclic) bond motifs is 2. The smallest absolute Gasteiger partial charge is 0.270 e. The number of carbonyl (C=O) groups excluding carboxylic acids is 2. The minimum absolute atomic E-state index is 0.0592. The average molecular weight is 454 g/mol.